The van der Waals surface area contributed by atoms with Crippen LogP contribution in [0, 0.1) is 0 Å². The fourth-order valence-corrected chi connectivity index (χ4v) is 0.910. The van der Waals surface area contributed by atoms with E-state index in [1.807, 2.05) is 6.92 Å². The maximum Gasteiger partial charge on any atom is 0.411 e. The molecular formula is C9H14NO4-. The van der Waals surface area contributed by atoms with Gasteiger partial charge >= 0.3 is 6.09 Å². The van der Waals surface area contributed by atoms with Crippen molar-refractivity contribution in [3.05, 3.63) is 0 Å². The lowest BCUT2D eigenvalue weighted by molar-refractivity contribution is -0.305. The number of carbonyl (C=O) groups excluding carboxylic acids is 2. The van der Waals surface area contributed by atoms with Crippen LogP contribution in [-0.2, 0) is 9.53 Å². The van der Waals surface area contributed by atoms with Crippen LogP contribution in [0.1, 0.15) is 27.2 Å². The Bertz CT molecular complexity index is 262. The first kappa shape index (κ1) is 10.8. The summed E-state index contributed by atoms with van der Waals surface area (Å²) in [5.41, 5.74) is -0.545. The maximum atomic E-state index is 11.3. The van der Waals surface area contributed by atoms with Gasteiger partial charge in [-0.05, 0) is 20.3 Å². The van der Waals surface area contributed by atoms with Crippen molar-refractivity contribution < 1.29 is 19.4 Å². The minimum atomic E-state index is -1.23. The third kappa shape index (κ3) is 2.37. The van der Waals surface area contributed by atoms with Crippen molar-refractivity contribution >= 4 is 12.1 Å². The average molecular weight is 200 g/mol. The standard InChI is InChI=1S/C9H15NO4/c1-4-9(2,3)14-8(13)10-5-6(10)7(11)12/h6H,4-5H2,1-3H3,(H,11,12)/p-1. The smallest absolute Gasteiger partial charge is 0.411 e. The monoisotopic (exact) mass is 200 g/mol. The summed E-state index contributed by atoms with van der Waals surface area (Å²) in [6, 6.07) is -0.796. The van der Waals surface area contributed by atoms with Crippen LogP contribution in [0.25, 0.3) is 0 Å². The molecule has 0 aromatic rings. The molecule has 0 aromatic carbocycles. The molecule has 0 saturated carbocycles. The number of rotatable bonds is 3. The Morgan fingerprint density at radius 2 is 2.14 bits per heavy atom. The van der Waals surface area contributed by atoms with Gasteiger partial charge in [0.25, 0.3) is 0 Å². The van der Waals surface area contributed by atoms with Gasteiger partial charge in [0.05, 0.1) is 18.6 Å². The SMILES string of the molecule is CCC(C)(C)OC(=O)N1CC1C(=O)[O-]. The second-order valence-electron chi connectivity index (χ2n) is 3.97. The summed E-state index contributed by atoms with van der Waals surface area (Å²) >= 11 is 0. The number of carboxylic acid groups (broad SMARTS) is 1. The Morgan fingerprint density at radius 3 is 2.50 bits per heavy atom. The molecule has 0 aliphatic carbocycles. The fraction of sp³-hybridized carbons (Fsp3) is 0.778. The summed E-state index contributed by atoms with van der Waals surface area (Å²) in [5, 5.41) is 10.4. The Hall–Kier alpha value is -1.26. The lowest BCUT2D eigenvalue weighted by Crippen LogP contribution is -2.35. The Kier molecular flexibility index (Phi) is 2.69. The highest BCUT2D eigenvalue weighted by molar-refractivity contribution is 5.84. The molecule has 1 unspecified atom stereocenters. The molecule has 1 aliphatic heterocycles. The van der Waals surface area contributed by atoms with Crippen molar-refractivity contribution in [2.24, 2.45) is 0 Å². The van der Waals surface area contributed by atoms with Crippen molar-refractivity contribution in [1.82, 2.24) is 4.90 Å². The Morgan fingerprint density at radius 1 is 1.57 bits per heavy atom. The lowest BCUT2D eigenvalue weighted by Gasteiger charge is -2.23. The number of amides is 1. The van der Waals surface area contributed by atoms with E-state index in [9.17, 15) is 14.7 Å². The third-order valence-electron chi connectivity index (χ3n) is 2.33. The number of hydrogen-bond acceptors (Lipinski definition) is 4. The number of carboxylic acids is 1. The zero-order valence-corrected chi connectivity index (χ0v) is 8.57. The first-order chi connectivity index (χ1) is 6.37. The predicted molar refractivity (Wildman–Crippen MR) is 46.4 cm³/mol. The molecule has 0 N–H and O–H groups in total. The third-order valence-corrected chi connectivity index (χ3v) is 2.33. The van der Waals surface area contributed by atoms with Crippen LogP contribution in [0.5, 0.6) is 0 Å². The zero-order valence-electron chi connectivity index (χ0n) is 8.57. The Labute approximate surface area is 82.6 Å². The highest BCUT2D eigenvalue weighted by Gasteiger charge is 2.42. The van der Waals surface area contributed by atoms with Crippen LogP contribution in [0.15, 0.2) is 0 Å². The normalized spacial score (nSPS) is 20.5. The molecule has 0 spiro atoms. The molecule has 1 rings (SSSR count). The van der Waals surface area contributed by atoms with Gasteiger partial charge in [0, 0.05) is 0 Å². The van der Waals surface area contributed by atoms with E-state index in [-0.39, 0.29) is 6.54 Å². The summed E-state index contributed by atoms with van der Waals surface area (Å²) < 4.78 is 5.09. The molecule has 1 heterocycles. The zero-order chi connectivity index (χ0) is 10.9. The van der Waals surface area contributed by atoms with Crippen molar-refractivity contribution in [1.29, 1.82) is 0 Å². The van der Waals surface area contributed by atoms with E-state index in [4.69, 9.17) is 4.74 Å². The highest BCUT2D eigenvalue weighted by Crippen LogP contribution is 2.22. The summed E-state index contributed by atoms with van der Waals surface area (Å²) in [6.07, 6.45) is 0.105. The van der Waals surface area contributed by atoms with Gasteiger partial charge in [-0.3, -0.25) is 4.90 Å². The van der Waals surface area contributed by atoms with Gasteiger partial charge < -0.3 is 14.6 Å². The maximum absolute atomic E-state index is 11.3. The first-order valence-corrected chi connectivity index (χ1v) is 4.58. The van der Waals surface area contributed by atoms with Crippen molar-refractivity contribution in [3.63, 3.8) is 0 Å². The quantitative estimate of drug-likeness (QED) is 0.589. The van der Waals surface area contributed by atoms with Crippen LogP contribution in [0.2, 0.25) is 0 Å². The molecule has 5 heteroatoms. The highest BCUT2D eigenvalue weighted by atomic mass is 16.6. The number of ether oxygens (including phenoxy) is 1. The van der Waals surface area contributed by atoms with Gasteiger partial charge in [0.1, 0.15) is 5.60 Å². The van der Waals surface area contributed by atoms with Crippen molar-refractivity contribution in [2.75, 3.05) is 6.54 Å². The molecule has 0 radical (unpaired) electrons. The van der Waals surface area contributed by atoms with Gasteiger partial charge in [0.15, 0.2) is 0 Å². The Balaban J connectivity index is 2.42. The molecule has 0 aromatic heterocycles. The van der Waals surface area contributed by atoms with E-state index >= 15 is 0 Å². The minimum absolute atomic E-state index is 0.195. The number of carbonyl (C=O) groups is 2. The molecule has 80 valence electrons. The van der Waals surface area contributed by atoms with Crippen LogP contribution in [0.3, 0.4) is 0 Å². The average Bonchev–Trinajstić information content (AvgIpc) is 2.82. The molecule has 1 saturated heterocycles. The second-order valence-corrected chi connectivity index (χ2v) is 3.97. The van der Waals surface area contributed by atoms with Crippen molar-refractivity contribution in [2.45, 2.75) is 38.8 Å². The minimum Gasteiger partial charge on any atom is -0.548 e. The molecule has 1 amide bonds. The second kappa shape index (κ2) is 3.48. The molecular weight excluding hydrogens is 186 g/mol. The van der Waals surface area contributed by atoms with Gasteiger partial charge in [-0.1, -0.05) is 6.92 Å². The topological polar surface area (TPSA) is 69.4 Å². The van der Waals surface area contributed by atoms with Crippen LogP contribution in [0.4, 0.5) is 4.79 Å². The van der Waals surface area contributed by atoms with Gasteiger partial charge in [-0.25, -0.2) is 4.79 Å². The van der Waals surface area contributed by atoms with E-state index in [0.717, 1.165) is 4.90 Å². The fourth-order valence-electron chi connectivity index (χ4n) is 0.910. The predicted octanol–water partition coefficient (Wildman–Crippen LogP) is -0.254. The molecule has 1 fully saturated rings. The van der Waals surface area contributed by atoms with E-state index < -0.39 is 23.7 Å². The molecule has 5 nitrogen and oxygen atoms in total. The number of nitrogens with zero attached hydrogens (tertiary/aromatic N) is 1. The van der Waals surface area contributed by atoms with Gasteiger partial charge in [0.2, 0.25) is 0 Å². The largest absolute Gasteiger partial charge is 0.548 e. The molecule has 1 aliphatic rings. The van der Waals surface area contributed by atoms with Crippen molar-refractivity contribution in [3.8, 4) is 0 Å². The van der Waals surface area contributed by atoms with Gasteiger partial charge in [-0.2, -0.15) is 0 Å². The molecule has 0 bridgehead atoms. The van der Waals surface area contributed by atoms with E-state index in [1.165, 1.54) is 0 Å². The number of hydrogen-bond donors (Lipinski definition) is 0. The summed E-state index contributed by atoms with van der Waals surface area (Å²) in [5.74, 6) is -1.23. The molecule has 14 heavy (non-hydrogen) atoms. The van der Waals surface area contributed by atoms with Crippen LogP contribution in [-0.4, -0.2) is 35.2 Å². The van der Waals surface area contributed by atoms with Crippen LogP contribution >= 0.6 is 0 Å². The molecule has 1 atom stereocenters. The van der Waals surface area contributed by atoms with E-state index in [2.05, 4.69) is 0 Å². The van der Waals surface area contributed by atoms with E-state index in [1.54, 1.807) is 13.8 Å². The first-order valence-electron chi connectivity index (χ1n) is 4.58. The van der Waals surface area contributed by atoms with Crippen LogP contribution < -0.4 is 5.11 Å². The summed E-state index contributed by atoms with van der Waals surface area (Å²) in [6.45, 7) is 5.65. The van der Waals surface area contributed by atoms with E-state index in [0.29, 0.717) is 6.42 Å². The number of aliphatic carboxylic acids is 1. The lowest BCUT2D eigenvalue weighted by atomic mass is 10.1. The van der Waals surface area contributed by atoms with Gasteiger partial charge in [-0.15, -0.1) is 0 Å². The summed E-state index contributed by atoms with van der Waals surface area (Å²) in [7, 11) is 0. The summed E-state index contributed by atoms with van der Waals surface area (Å²) in [4.78, 5) is 22.8.